The van der Waals surface area contributed by atoms with Crippen LogP contribution in [-0.2, 0) is 0 Å². The van der Waals surface area contributed by atoms with Crippen molar-refractivity contribution in [2.45, 2.75) is 45.6 Å². The largest absolute Gasteiger partial charge is 0.370 e. The van der Waals surface area contributed by atoms with Crippen LogP contribution in [0.15, 0.2) is 0 Å². The monoisotopic (exact) mass is 319 g/mol. The van der Waals surface area contributed by atoms with E-state index in [0.29, 0.717) is 33.8 Å². The van der Waals surface area contributed by atoms with Crippen LogP contribution in [0.1, 0.15) is 45.4 Å². The fourth-order valence-electron chi connectivity index (χ4n) is 2.81. The first-order valence-electron chi connectivity index (χ1n) is 6.71. The quantitative estimate of drug-likeness (QED) is 0.820. The van der Waals surface area contributed by atoms with Crippen molar-refractivity contribution in [1.29, 1.82) is 0 Å². The van der Waals surface area contributed by atoms with Crippen molar-refractivity contribution in [3.8, 4) is 0 Å². The van der Waals surface area contributed by atoms with Crippen molar-refractivity contribution < 1.29 is 0 Å². The number of aromatic amines is 1. The van der Waals surface area contributed by atoms with E-state index >= 15 is 0 Å². The van der Waals surface area contributed by atoms with Gasteiger partial charge in [0.1, 0.15) is 10.1 Å². The highest BCUT2D eigenvalue weighted by Crippen LogP contribution is 2.30. The molecule has 106 valence electrons. The van der Waals surface area contributed by atoms with Crippen LogP contribution in [0.3, 0.4) is 0 Å². The van der Waals surface area contributed by atoms with Crippen LogP contribution in [0.25, 0.3) is 0 Å². The van der Waals surface area contributed by atoms with Crippen LogP contribution >= 0.6 is 35.4 Å². The van der Waals surface area contributed by atoms with E-state index in [1.807, 2.05) is 0 Å². The summed E-state index contributed by atoms with van der Waals surface area (Å²) in [6.07, 6.45) is 4.98. The molecule has 0 bridgehead atoms. The zero-order valence-electron chi connectivity index (χ0n) is 11.2. The smallest absolute Gasteiger partial charge is 0.167 e. The Labute approximate surface area is 129 Å². The van der Waals surface area contributed by atoms with Crippen LogP contribution in [0.5, 0.6) is 0 Å². The second-order valence-corrected chi connectivity index (χ2v) is 6.61. The number of nitrogens with zero attached hydrogens (tertiary/aromatic N) is 1. The van der Waals surface area contributed by atoms with E-state index in [0.717, 1.165) is 6.42 Å². The number of imidazole rings is 1. The van der Waals surface area contributed by atoms with Crippen molar-refractivity contribution in [2.24, 2.45) is 11.8 Å². The summed E-state index contributed by atoms with van der Waals surface area (Å²) in [4.78, 5) is 7.62. The molecule has 1 aromatic heterocycles. The lowest BCUT2D eigenvalue weighted by Crippen LogP contribution is -2.43. The minimum absolute atomic E-state index is 0.268. The Bertz CT molecular complexity index is 439. The molecular formula is C13H19Cl2N3S. The number of H-pyrrole nitrogens is 1. The van der Waals surface area contributed by atoms with Crippen LogP contribution in [-0.4, -0.2) is 21.0 Å². The molecule has 0 aromatic carbocycles. The molecule has 2 rings (SSSR count). The minimum atomic E-state index is 0.268. The number of aromatic nitrogens is 2. The predicted molar refractivity (Wildman–Crippen MR) is 84.0 cm³/mol. The van der Waals surface area contributed by atoms with Gasteiger partial charge in [0.2, 0.25) is 0 Å². The van der Waals surface area contributed by atoms with Crippen LogP contribution in [0.4, 0.5) is 0 Å². The first-order chi connectivity index (χ1) is 8.99. The van der Waals surface area contributed by atoms with Gasteiger partial charge in [0.25, 0.3) is 0 Å². The molecule has 1 aliphatic rings. The van der Waals surface area contributed by atoms with Gasteiger partial charge >= 0.3 is 0 Å². The summed E-state index contributed by atoms with van der Waals surface area (Å²) in [5.41, 5.74) is 0. The highest BCUT2D eigenvalue weighted by Gasteiger charge is 2.28. The average molecular weight is 320 g/mol. The Morgan fingerprint density at radius 2 is 2.05 bits per heavy atom. The first kappa shape index (κ1) is 15.1. The lowest BCUT2D eigenvalue weighted by atomic mass is 9.78. The average Bonchev–Trinajstić information content (AvgIpc) is 2.70. The van der Waals surface area contributed by atoms with Crippen LogP contribution in [0.2, 0.25) is 10.3 Å². The highest BCUT2D eigenvalue weighted by molar-refractivity contribution is 7.80. The van der Waals surface area contributed by atoms with E-state index in [-0.39, 0.29) is 5.15 Å². The van der Waals surface area contributed by atoms with E-state index in [9.17, 15) is 0 Å². The Morgan fingerprint density at radius 3 is 2.63 bits per heavy atom. The number of rotatable bonds is 3. The molecule has 1 saturated carbocycles. The SMILES string of the molecule is CC(C)[C@H]1CCCC[C@@H]1NC(=S)c1nc(Cl)c(Cl)[nH]1. The topological polar surface area (TPSA) is 40.7 Å². The van der Waals surface area contributed by atoms with E-state index in [2.05, 4.69) is 29.1 Å². The maximum Gasteiger partial charge on any atom is 0.167 e. The number of hydrogen-bond donors (Lipinski definition) is 2. The molecule has 2 atom stereocenters. The van der Waals surface area contributed by atoms with Crippen molar-refractivity contribution in [3.05, 3.63) is 16.1 Å². The molecule has 0 saturated heterocycles. The predicted octanol–water partition coefficient (Wildman–Crippen LogP) is 4.20. The molecule has 0 amide bonds. The molecule has 1 fully saturated rings. The zero-order valence-corrected chi connectivity index (χ0v) is 13.5. The lowest BCUT2D eigenvalue weighted by molar-refractivity contribution is 0.225. The maximum atomic E-state index is 5.86. The molecule has 0 radical (unpaired) electrons. The zero-order chi connectivity index (χ0) is 14.0. The summed E-state index contributed by atoms with van der Waals surface area (Å²) in [5, 5.41) is 4.03. The van der Waals surface area contributed by atoms with Crippen molar-refractivity contribution in [2.75, 3.05) is 0 Å². The fraction of sp³-hybridized carbons (Fsp3) is 0.692. The van der Waals surface area contributed by atoms with Gasteiger partial charge in [-0.3, -0.25) is 0 Å². The summed E-state index contributed by atoms with van der Waals surface area (Å²) in [7, 11) is 0. The Hall–Kier alpha value is -0.320. The van der Waals surface area contributed by atoms with Gasteiger partial charge in [-0.1, -0.05) is 62.1 Å². The van der Waals surface area contributed by atoms with Gasteiger partial charge in [-0.25, -0.2) is 4.98 Å². The van der Waals surface area contributed by atoms with Crippen LogP contribution in [0, 0.1) is 11.8 Å². The van der Waals surface area contributed by atoms with E-state index in [1.54, 1.807) is 0 Å². The van der Waals surface area contributed by atoms with Gasteiger partial charge in [-0.15, -0.1) is 0 Å². The second kappa shape index (κ2) is 6.42. The standard InChI is InChI=1S/C13H19Cl2N3S/c1-7(2)8-5-3-4-6-9(8)16-13(19)12-17-10(14)11(15)18-12/h7-9H,3-6H2,1-2H3,(H,16,19)(H,17,18)/t8-,9+/m1/s1. The molecule has 1 aliphatic carbocycles. The summed E-state index contributed by atoms with van der Waals surface area (Å²) >= 11 is 17.1. The van der Waals surface area contributed by atoms with Gasteiger partial charge in [-0.2, -0.15) is 0 Å². The van der Waals surface area contributed by atoms with Crippen molar-refractivity contribution >= 4 is 40.4 Å². The molecule has 3 nitrogen and oxygen atoms in total. The second-order valence-electron chi connectivity index (χ2n) is 5.46. The third kappa shape index (κ3) is 3.61. The number of hydrogen-bond acceptors (Lipinski definition) is 2. The summed E-state index contributed by atoms with van der Waals surface area (Å²) < 4.78 is 0. The molecule has 19 heavy (non-hydrogen) atoms. The van der Waals surface area contributed by atoms with Gasteiger partial charge in [0.15, 0.2) is 11.0 Å². The highest BCUT2D eigenvalue weighted by atomic mass is 35.5. The van der Waals surface area contributed by atoms with E-state index < -0.39 is 0 Å². The molecule has 2 N–H and O–H groups in total. The summed E-state index contributed by atoms with van der Waals surface area (Å²) in [6, 6.07) is 0.420. The van der Waals surface area contributed by atoms with E-state index in [1.165, 1.54) is 19.3 Å². The maximum absolute atomic E-state index is 5.86. The number of thiocarbonyl (C=S) groups is 1. The number of halogens is 2. The molecule has 1 aromatic rings. The lowest BCUT2D eigenvalue weighted by Gasteiger charge is -2.35. The van der Waals surface area contributed by atoms with Crippen molar-refractivity contribution in [1.82, 2.24) is 15.3 Å². The summed E-state index contributed by atoms with van der Waals surface area (Å²) in [5.74, 6) is 1.87. The van der Waals surface area contributed by atoms with Gasteiger partial charge < -0.3 is 10.3 Å². The van der Waals surface area contributed by atoms with Gasteiger partial charge in [-0.05, 0) is 24.7 Å². The van der Waals surface area contributed by atoms with Crippen LogP contribution < -0.4 is 5.32 Å². The molecule has 0 aliphatic heterocycles. The Morgan fingerprint density at radius 1 is 1.37 bits per heavy atom. The minimum Gasteiger partial charge on any atom is -0.370 e. The van der Waals surface area contributed by atoms with Crippen molar-refractivity contribution in [3.63, 3.8) is 0 Å². The molecule has 0 spiro atoms. The normalized spacial score (nSPS) is 23.6. The Kier molecular flexibility index (Phi) is 5.09. The third-order valence-electron chi connectivity index (χ3n) is 3.83. The molecule has 0 unspecified atom stereocenters. The molecular weight excluding hydrogens is 301 g/mol. The summed E-state index contributed by atoms with van der Waals surface area (Å²) in [6.45, 7) is 4.54. The molecule has 1 heterocycles. The first-order valence-corrected chi connectivity index (χ1v) is 7.87. The van der Waals surface area contributed by atoms with Gasteiger partial charge in [0, 0.05) is 6.04 Å². The van der Waals surface area contributed by atoms with E-state index in [4.69, 9.17) is 35.4 Å². The number of nitrogens with one attached hydrogen (secondary N) is 2. The fourth-order valence-corrected chi connectivity index (χ4v) is 3.32. The third-order valence-corrected chi connectivity index (χ3v) is 4.78. The molecule has 6 heteroatoms. The Balaban J connectivity index is 2.04. The van der Waals surface area contributed by atoms with Gasteiger partial charge in [0.05, 0.1) is 0 Å².